The Balaban J connectivity index is 1.98. The number of esters is 1. The van der Waals surface area contributed by atoms with Gasteiger partial charge in [-0.1, -0.05) is 54.6 Å². The van der Waals surface area contributed by atoms with E-state index < -0.39 is 18.1 Å². The highest BCUT2D eigenvalue weighted by Crippen LogP contribution is 2.14. The van der Waals surface area contributed by atoms with Crippen molar-refractivity contribution in [3.8, 4) is 5.75 Å². The van der Waals surface area contributed by atoms with E-state index >= 15 is 0 Å². The van der Waals surface area contributed by atoms with Crippen molar-refractivity contribution < 1.29 is 23.8 Å². The molecule has 6 heteroatoms. The van der Waals surface area contributed by atoms with Crippen molar-refractivity contribution in [2.45, 2.75) is 12.6 Å². The molecule has 2 aromatic carbocycles. The standard InChI is InChI=1S/C20H21NO5/c1-24-17-10-6-9-15(13-17)11-12-18(19(22)25-2)21-20(23)26-14-16-7-4-3-5-8-16/h3-13,18H,14H2,1-2H3,(H,21,23)/b12-11+/t18-/m0/s1. The number of carbonyl (C=O) groups is 2. The van der Waals surface area contributed by atoms with Crippen molar-refractivity contribution in [3.05, 3.63) is 71.8 Å². The third kappa shape index (κ3) is 5.98. The maximum atomic E-state index is 12.0. The van der Waals surface area contributed by atoms with Crippen molar-refractivity contribution in [1.29, 1.82) is 0 Å². The second-order valence-electron chi connectivity index (χ2n) is 5.34. The molecule has 1 amide bonds. The van der Waals surface area contributed by atoms with Gasteiger partial charge in [0.25, 0.3) is 0 Å². The summed E-state index contributed by atoms with van der Waals surface area (Å²) in [5, 5.41) is 2.48. The molecule has 0 heterocycles. The fourth-order valence-corrected chi connectivity index (χ4v) is 2.16. The van der Waals surface area contributed by atoms with E-state index in [0.717, 1.165) is 11.1 Å². The monoisotopic (exact) mass is 355 g/mol. The SMILES string of the molecule is COC(=O)[C@H](/C=C/c1cccc(OC)c1)NC(=O)OCc1ccccc1. The van der Waals surface area contributed by atoms with Crippen LogP contribution in [0.4, 0.5) is 4.79 Å². The number of hydrogen-bond acceptors (Lipinski definition) is 5. The third-order valence-electron chi connectivity index (χ3n) is 3.52. The number of alkyl carbamates (subject to hydrolysis) is 1. The Morgan fingerprint density at radius 2 is 1.85 bits per heavy atom. The van der Waals surface area contributed by atoms with Crippen molar-refractivity contribution in [1.82, 2.24) is 5.32 Å². The van der Waals surface area contributed by atoms with Crippen LogP contribution in [0.15, 0.2) is 60.7 Å². The van der Waals surface area contributed by atoms with Gasteiger partial charge in [0.1, 0.15) is 18.4 Å². The lowest BCUT2D eigenvalue weighted by atomic mass is 10.1. The molecule has 0 bridgehead atoms. The van der Waals surface area contributed by atoms with Gasteiger partial charge in [-0.2, -0.15) is 0 Å². The van der Waals surface area contributed by atoms with Crippen molar-refractivity contribution in [2.75, 3.05) is 14.2 Å². The normalized spacial score (nSPS) is 11.6. The van der Waals surface area contributed by atoms with Crippen molar-refractivity contribution in [3.63, 3.8) is 0 Å². The van der Waals surface area contributed by atoms with Crippen LogP contribution < -0.4 is 10.1 Å². The predicted molar refractivity (Wildman–Crippen MR) is 97.6 cm³/mol. The summed E-state index contributed by atoms with van der Waals surface area (Å²) in [6.45, 7) is 0.111. The number of amides is 1. The topological polar surface area (TPSA) is 73.9 Å². The van der Waals surface area contributed by atoms with E-state index in [1.165, 1.54) is 13.2 Å². The van der Waals surface area contributed by atoms with Crippen molar-refractivity contribution >= 4 is 18.1 Å². The van der Waals surface area contributed by atoms with Gasteiger partial charge >= 0.3 is 12.1 Å². The van der Waals surface area contributed by atoms with E-state index in [1.54, 1.807) is 19.3 Å². The van der Waals surface area contributed by atoms with Gasteiger partial charge in [0.15, 0.2) is 0 Å². The summed E-state index contributed by atoms with van der Waals surface area (Å²) in [5.74, 6) is 0.0952. The maximum absolute atomic E-state index is 12.0. The molecule has 0 radical (unpaired) electrons. The fraction of sp³-hybridized carbons (Fsp3) is 0.200. The zero-order valence-electron chi connectivity index (χ0n) is 14.7. The first-order valence-electron chi connectivity index (χ1n) is 7.99. The molecule has 0 fully saturated rings. The van der Waals surface area contributed by atoms with Crippen LogP contribution in [0.5, 0.6) is 5.75 Å². The van der Waals surface area contributed by atoms with Gasteiger partial charge in [-0.25, -0.2) is 9.59 Å². The minimum absolute atomic E-state index is 0.111. The van der Waals surface area contributed by atoms with E-state index in [0.29, 0.717) is 5.75 Å². The van der Waals surface area contributed by atoms with Crippen LogP contribution in [-0.2, 0) is 20.9 Å². The lowest BCUT2D eigenvalue weighted by Gasteiger charge is -2.13. The predicted octanol–water partition coefficient (Wildman–Crippen LogP) is 3.18. The highest BCUT2D eigenvalue weighted by Gasteiger charge is 2.19. The van der Waals surface area contributed by atoms with E-state index in [9.17, 15) is 9.59 Å². The minimum atomic E-state index is -0.963. The number of methoxy groups -OCH3 is 2. The Morgan fingerprint density at radius 3 is 2.54 bits per heavy atom. The average Bonchev–Trinajstić information content (AvgIpc) is 2.69. The van der Waals surface area contributed by atoms with E-state index in [-0.39, 0.29) is 6.61 Å². The number of benzene rings is 2. The number of carbonyl (C=O) groups excluding carboxylic acids is 2. The Morgan fingerprint density at radius 1 is 1.08 bits per heavy atom. The van der Waals surface area contributed by atoms with Gasteiger partial charge in [-0.15, -0.1) is 0 Å². The Labute approximate surface area is 152 Å². The van der Waals surface area contributed by atoms with Crippen LogP contribution in [0.3, 0.4) is 0 Å². The second-order valence-corrected chi connectivity index (χ2v) is 5.34. The molecule has 0 aromatic heterocycles. The Hall–Kier alpha value is -3.28. The summed E-state index contributed by atoms with van der Waals surface area (Å²) in [5.41, 5.74) is 1.67. The van der Waals surface area contributed by atoms with E-state index in [1.807, 2.05) is 48.5 Å². The second kappa shape index (κ2) is 9.88. The Bertz CT molecular complexity index is 758. The molecular formula is C20H21NO5. The molecule has 0 saturated carbocycles. The lowest BCUT2D eigenvalue weighted by Crippen LogP contribution is -2.40. The summed E-state index contributed by atoms with van der Waals surface area (Å²) in [6.07, 6.45) is 2.52. The number of hydrogen-bond donors (Lipinski definition) is 1. The van der Waals surface area contributed by atoms with Gasteiger partial charge in [0, 0.05) is 0 Å². The molecule has 2 rings (SSSR count). The third-order valence-corrected chi connectivity index (χ3v) is 3.52. The zero-order chi connectivity index (χ0) is 18.8. The first kappa shape index (κ1) is 19.1. The van der Waals surface area contributed by atoms with Crippen LogP contribution in [-0.4, -0.2) is 32.3 Å². The molecule has 2 aromatic rings. The van der Waals surface area contributed by atoms with E-state index in [4.69, 9.17) is 14.2 Å². The number of ether oxygens (including phenoxy) is 3. The number of rotatable bonds is 7. The highest BCUT2D eigenvalue weighted by molar-refractivity contribution is 5.84. The molecule has 26 heavy (non-hydrogen) atoms. The molecule has 0 spiro atoms. The van der Waals surface area contributed by atoms with Crippen molar-refractivity contribution in [2.24, 2.45) is 0 Å². The van der Waals surface area contributed by atoms with Gasteiger partial charge in [-0.3, -0.25) is 0 Å². The molecular weight excluding hydrogens is 334 g/mol. The summed E-state index contributed by atoms with van der Waals surface area (Å²) in [7, 11) is 2.83. The average molecular weight is 355 g/mol. The van der Waals surface area contributed by atoms with Gasteiger partial charge in [-0.05, 0) is 23.3 Å². The van der Waals surface area contributed by atoms with Gasteiger partial charge < -0.3 is 19.5 Å². The number of nitrogens with one attached hydrogen (secondary N) is 1. The summed E-state index contributed by atoms with van der Waals surface area (Å²) < 4.78 is 15.0. The van der Waals surface area contributed by atoms with Crippen LogP contribution in [0, 0.1) is 0 Å². The Kier molecular flexibility index (Phi) is 7.24. The van der Waals surface area contributed by atoms with E-state index in [2.05, 4.69) is 5.32 Å². The molecule has 0 aliphatic heterocycles. The largest absolute Gasteiger partial charge is 0.497 e. The summed E-state index contributed by atoms with van der Waals surface area (Å²) in [6, 6.07) is 15.6. The molecule has 136 valence electrons. The van der Waals surface area contributed by atoms with Crippen LogP contribution in [0.1, 0.15) is 11.1 Å². The fourth-order valence-electron chi connectivity index (χ4n) is 2.16. The highest BCUT2D eigenvalue weighted by atomic mass is 16.6. The van der Waals surface area contributed by atoms with Crippen LogP contribution in [0.25, 0.3) is 6.08 Å². The molecule has 1 atom stereocenters. The van der Waals surface area contributed by atoms with Crippen LogP contribution >= 0.6 is 0 Å². The first-order chi connectivity index (χ1) is 12.6. The molecule has 1 N–H and O–H groups in total. The maximum Gasteiger partial charge on any atom is 0.408 e. The first-order valence-corrected chi connectivity index (χ1v) is 7.99. The molecule has 0 saturated heterocycles. The molecule has 0 aliphatic carbocycles. The zero-order valence-corrected chi connectivity index (χ0v) is 14.7. The van der Waals surface area contributed by atoms with Gasteiger partial charge in [0.2, 0.25) is 0 Å². The summed E-state index contributed by atoms with van der Waals surface area (Å²) in [4.78, 5) is 23.9. The van der Waals surface area contributed by atoms with Gasteiger partial charge in [0.05, 0.1) is 14.2 Å². The smallest absolute Gasteiger partial charge is 0.408 e. The van der Waals surface area contributed by atoms with Crippen LogP contribution in [0.2, 0.25) is 0 Å². The molecule has 0 unspecified atom stereocenters. The molecule has 0 aliphatic rings. The molecule has 6 nitrogen and oxygen atoms in total. The minimum Gasteiger partial charge on any atom is -0.497 e. The lowest BCUT2D eigenvalue weighted by molar-refractivity contribution is -0.141. The summed E-state index contributed by atoms with van der Waals surface area (Å²) >= 11 is 0. The quantitative estimate of drug-likeness (QED) is 0.772.